The lowest BCUT2D eigenvalue weighted by Gasteiger charge is -2.72. The second-order valence-corrected chi connectivity index (χ2v) is 16.7. The number of hydrogen-bond donors (Lipinski definition) is 1. The van der Waals surface area contributed by atoms with E-state index in [1.54, 1.807) is 0 Å². The van der Waals surface area contributed by atoms with Crippen LogP contribution in [-0.4, -0.2) is 17.0 Å². The Morgan fingerprint density at radius 3 is 2.34 bits per heavy atom. The molecule has 9 atom stereocenters. The number of carbonyl (C=O) groups excluding carboxylic acids is 1. The monoisotopic (exact) mass is 598 g/mol. The average Bonchev–Trinajstić information content (AvgIpc) is 3.37. The first-order valence-electron chi connectivity index (χ1n) is 17.2. The van der Waals surface area contributed by atoms with Gasteiger partial charge in [0.05, 0.1) is 5.41 Å². The summed E-state index contributed by atoms with van der Waals surface area (Å²) in [5.41, 5.74) is 3.48. The van der Waals surface area contributed by atoms with Gasteiger partial charge in [-0.05, 0) is 127 Å². The van der Waals surface area contributed by atoms with Gasteiger partial charge in [-0.15, -0.1) is 0 Å². The molecule has 5 aliphatic carbocycles. The van der Waals surface area contributed by atoms with Crippen LogP contribution in [0, 0.1) is 56.7 Å². The second-order valence-electron chi connectivity index (χ2n) is 16.7. The number of carbonyl (C=O) groups is 2. The fourth-order valence-electron chi connectivity index (χ4n) is 12.4. The number of hydrogen-bond acceptors (Lipinski definition) is 3. The number of carboxylic acids is 1. The maximum Gasteiger partial charge on any atom is 0.328 e. The third kappa shape index (κ3) is 4.43. The summed E-state index contributed by atoms with van der Waals surface area (Å²) in [5, 5.41) is 9.33. The molecule has 4 saturated carbocycles. The van der Waals surface area contributed by atoms with Gasteiger partial charge in [-0.2, -0.15) is 0 Å². The molecule has 0 heterocycles. The van der Waals surface area contributed by atoms with E-state index in [1.807, 2.05) is 36.4 Å². The molecule has 0 aliphatic heterocycles. The van der Waals surface area contributed by atoms with E-state index >= 15 is 0 Å². The van der Waals surface area contributed by atoms with Crippen molar-refractivity contribution in [1.82, 2.24) is 0 Å². The zero-order valence-electron chi connectivity index (χ0n) is 28.0. The summed E-state index contributed by atoms with van der Waals surface area (Å²) >= 11 is 0. The highest BCUT2D eigenvalue weighted by molar-refractivity contribution is 5.80. The molecule has 1 aromatic rings. The van der Waals surface area contributed by atoms with E-state index in [0.29, 0.717) is 36.2 Å². The third-order valence-corrected chi connectivity index (χ3v) is 14.7. The van der Waals surface area contributed by atoms with Crippen LogP contribution in [0.2, 0.25) is 0 Å². The summed E-state index contributed by atoms with van der Waals surface area (Å²) in [7, 11) is 0. The molecule has 0 spiro atoms. The van der Waals surface area contributed by atoms with Gasteiger partial charge in [0.25, 0.3) is 0 Å². The molecule has 0 unspecified atom stereocenters. The molecule has 44 heavy (non-hydrogen) atoms. The Morgan fingerprint density at radius 1 is 0.932 bits per heavy atom. The predicted octanol–water partition coefficient (Wildman–Crippen LogP) is 9.56. The van der Waals surface area contributed by atoms with Gasteiger partial charge in [0.15, 0.2) is 0 Å². The van der Waals surface area contributed by atoms with Crippen molar-refractivity contribution < 1.29 is 19.4 Å². The first-order chi connectivity index (χ1) is 20.7. The van der Waals surface area contributed by atoms with Crippen molar-refractivity contribution in [2.24, 2.45) is 56.7 Å². The average molecular weight is 599 g/mol. The van der Waals surface area contributed by atoms with E-state index in [0.717, 1.165) is 50.5 Å². The number of benzene rings is 1. The van der Waals surface area contributed by atoms with Gasteiger partial charge >= 0.3 is 11.9 Å². The van der Waals surface area contributed by atoms with Crippen LogP contribution in [0.4, 0.5) is 0 Å². The van der Waals surface area contributed by atoms with E-state index in [1.165, 1.54) is 30.1 Å². The van der Waals surface area contributed by atoms with Crippen molar-refractivity contribution in [3.05, 3.63) is 71.8 Å². The topological polar surface area (TPSA) is 63.6 Å². The third-order valence-electron chi connectivity index (χ3n) is 14.7. The molecule has 0 aromatic heterocycles. The van der Waals surface area contributed by atoms with Gasteiger partial charge in [0.1, 0.15) is 6.61 Å². The molecule has 4 heteroatoms. The SMILES string of the molecule is C=C(C)[C@@H]1CC[C@]2(C(=O)OCc3ccccc3)CC[C@]3(C)[C@H](CC[C@@H]4[C@@]5(C)CC=C(/C=C/C(=O)O)C(C)(C)[C@@H]5CC[C@]43C)[C@@H]12. The molecule has 1 N–H and O–H groups in total. The number of carboxylic acid groups (broad SMARTS) is 1. The number of fused-ring (bicyclic) bond motifs is 7. The second kappa shape index (κ2) is 10.7. The van der Waals surface area contributed by atoms with Crippen LogP contribution in [0.25, 0.3) is 0 Å². The Bertz CT molecular complexity index is 1390. The molecule has 4 fully saturated rings. The first-order valence-corrected chi connectivity index (χ1v) is 17.2. The van der Waals surface area contributed by atoms with Crippen LogP contribution >= 0.6 is 0 Å². The highest BCUT2D eigenvalue weighted by Gasteiger charge is 2.71. The maximum atomic E-state index is 14.2. The molecule has 1 aromatic carbocycles. The van der Waals surface area contributed by atoms with Gasteiger partial charge in [0, 0.05) is 6.08 Å². The summed E-state index contributed by atoms with van der Waals surface area (Å²) in [4.78, 5) is 25.6. The van der Waals surface area contributed by atoms with Crippen molar-refractivity contribution >= 4 is 11.9 Å². The van der Waals surface area contributed by atoms with E-state index in [4.69, 9.17) is 4.74 Å². The van der Waals surface area contributed by atoms with Gasteiger partial charge in [-0.25, -0.2) is 4.79 Å². The fourth-order valence-corrected chi connectivity index (χ4v) is 12.4. The molecule has 0 amide bonds. The number of aliphatic carboxylic acids is 1. The molecule has 0 saturated heterocycles. The van der Waals surface area contributed by atoms with Gasteiger partial charge < -0.3 is 9.84 Å². The van der Waals surface area contributed by atoms with Crippen LogP contribution in [0.15, 0.2) is 66.3 Å². The number of rotatable bonds is 6. The Kier molecular flexibility index (Phi) is 7.65. The zero-order valence-corrected chi connectivity index (χ0v) is 28.0. The molecule has 5 aliphatic rings. The number of ether oxygens (including phenoxy) is 1. The summed E-state index contributed by atoms with van der Waals surface area (Å²) in [5.74, 6) is 1.40. The minimum atomic E-state index is -0.880. The molecule has 0 radical (unpaired) electrons. The Hall–Kier alpha value is -2.62. The normalized spacial score (nSPS) is 42.3. The van der Waals surface area contributed by atoms with Crippen molar-refractivity contribution in [2.75, 3.05) is 0 Å². The number of esters is 1. The van der Waals surface area contributed by atoms with Crippen molar-refractivity contribution in [2.45, 2.75) is 106 Å². The summed E-state index contributed by atoms with van der Waals surface area (Å²) in [6.07, 6.45) is 15.2. The minimum absolute atomic E-state index is 0.0289. The van der Waals surface area contributed by atoms with Crippen molar-refractivity contribution in [3.8, 4) is 0 Å². The van der Waals surface area contributed by atoms with Gasteiger partial charge in [-0.3, -0.25) is 4.79 Å². The quantitative estimate of drug-likeness (QED) is 0.201. The van der Waals surface area contributed by atoms with E-state index < -0.39 is 11.4 Å². The maximum absolute atomic E-state index is 14.2. The summed E-state index contributed by atoms with van der Waals surface area (Å²) in [6, 6.07) is 10.1. The van der Waals surface area contributed by atoms with Crippen molar-refractivity contribution in [1.29, 1.82) is 0 Å². The van der Waals surface area contributed by atoms with E-state index in [9.17, 15) is 14.7 Å². The predicted molar refractivity (Wildman–Crippen MR) is 175 cm³/mol. The van der Waals surface area contributed by atoms with Crippen LogP contribution in [0.5, 0.6) is 0 Å². The highest BCUT2D eigenvalue weighted by Crippen LogP contribution is 2.77. The lowest BCUT2D eigenvalue weighted by atomic mass is 9.32. The fraction of sp³-hybridized carbons (Fsp3) is 0.650. The number of allylic oxidation sites excluding steroid dienone is 4. The zero-order chi connectivity index (χ0) is 31.7. The molecular weight excluding hydrogens is 544 g/mol. The van der Waals surface area contributed by atoms with Crippen molar-refractivity contribution in [3.63, 3.8) is 0 Å². The lowest BCUT2D eigenvalue weighted by Crippen LogP contribution is -2.66. The highest BCUT2D eigenvalue weighted by atomic mass is 16.5. The molecule has 6 rings (SSSR count). The van der Waals surface area contributed by atoms with Crippen LogP contribution in [0.1, 0.15) is 105 Å². The molecule has 4 nitrogen and oxygen atoms in total. The standard InChI is InChI=1S/C40H54O4/c1-26(2)29-18-22-40(35(43)44-25-27-11-9-8-10-12-27)24-23-38(6)30(34(29)40)14-15-32-37(5)20-17-28(13-16-33(41)42)36(3,4)31(37)19-21-39(32,38)7/h8-13,16-17,29-32,34H,1,14-15,18-25H2,2-7H3,(H,41,42)/b16-13+/t29-,30+,31-,32+,34+,37-,38+,39+,40-/m0/s1. The van der Waals surface area contributed by atoms with E-state index in [-0.39, 0.29) is 27.6 Å². The molecular formula is C40H54O4. The van der Waals surface area contributed by atoms with Gasteiger partial charge in [0.2, 0.25) is 0 Å². The summed E-state index contributed by atoms with van der Waals surface area (Å²) in [6.45, 7) is 19.5. The van der Waals surface area contributed by atoms with E-state index in [2.05, 4.69) is 54.2 Å². The molecule has 238 valence electrons. The van der Waals surface area contributed by atoms with Crippen LogP contribution in [0.3, 0.4) is 0 Å². The molecule has 0 bridgehead atoms. The first kappa shape index (κ1) is 31.4. The van der Waals surface area contributed by atoms with Crippen LogP contribution in [-0.2, 0) is 20.9 Å². The lowest BCUT2D eigenvalue weighted by molar-refractivity contribution is -0.230. The Morgan fingerprint density at radius 2 is 1.66 bits per heavy atom. The Balaban J connectivity index is 1.33. The Labute approximate surface area is 265 Å². The van der Waals surface area contributed by atoms with Crippen LogP contribution < -0.4 is 0 Å². The largest absolute Gasteiger partial charge is 0.478 e. The summed E-state index contributed by atoms with van der Waals surface area (Å²) < 4.78 is 6.18. The minimum Gasteiger partial charge on any atom is -0.478 e. The smallest absolute Gasteiger partial charge is 0.328 e. The van der Waals surface area contributed by atoms with Gasteiger partial charge in [-0.1, -0.05) is 89.3 Å².